The van der Waals surface area contributed by atoms with Gasteiger partial charge in [0.1, 0.15) is 5.60 Å². The van der Waals surface area contributed by atoms with E-state index >= 15 is 0 Å². The van der Waals surface area contributed by atoms with Crippen LogP contribution in [-0.2, 0) is 9.53 Å². The van der Waals surface area contributed by atoms with Gasteiger partial charge in [-0.05, 0) is 33.7 Å². The van der Waals surface area contributed by atoms with Crippen LogP contribution >= 0.6 is 15.9 Å². The zero-order valence-electron chi connectivity index (χ0n) is 7.97. The van der Waals surface area contributed by atoms with Crippen LogP contribution in [0.2, 0.25) is 0 Å². The van der Waals surface area contributed by atoms with Gasteiger partial charge in [0.05, 0.1) is 0 Å². The van der Waals surface area contributed by atoms with E-state index in [1.807, 2.05) is 20.8 Å². The number of carbonyl (C=O) groups excluding carboxylic acids is 1. The molecule has 4 heteroatoms. The van der Waals surface area contributed by atoms with Gasteiger partial charge in [0, 0.05) is 5.33 Å². The molecular weight excluding hydrogens is 222 g/mol. The molecule has 0 spiro atoms. The van der Waals surface area contributed by atoms with E-state index in [4.69, 9.17) is 5.73 Å². The maximum atomic E-state index is 9.60. The molecule has 0 fully saturated rings. The van der Waals surface area contributed by atoms with Crippen molar-refractivity contribution in [3.63, 3.8) is 0 Å². The van der Waals surface area contributed by atoms with Gasteiger partial charge in [0.15, 0.2) is 0 Å². The van der Waals surface area contributed by atoms with E-state index < -0.39 is 0 Å². The van der Waals surface area contributed by atoms with E-state index in [1.54, 1.807) is 0 Å². The number of ether oxygens (including phenoxy) is 1. The fourth-order valence-corrected chi connectivity index (χ4v) is 0.545. The first-order valence-corrected chi connectivity index (χ1v) is 4.97. The van der Waals surface area contributed by atoms with Gasteiger partial charge in [0.25, 0.3) is 6.47 Å². The van der Waals surface area contributed by atoms with Gasteiger partial charge in [-0.25, -0.2) is 0 Å². The second-order valence-corrected chi connectivity index (χ2v) is 3.95. The van der Waals surface area contributed by atoms with Gasteiger partial charge < -0.3 is 10.5 Å². The minimum atomic E-state index is -0.318. The Morgan fingerprint density at radius 2 is 2.00 bits per heavy atom. The Balaban J connectivity index is 0. The molecule has 0 saturated carbocycles. The van der Waals surface area contributed by atoms with Crippen molar-refractivity contribution in [2.45, 2.75) is 32.8 Å². The molecule has 0 aromatic rings. The molecule has 12 heavy (non-hydrogen) atoms. The van der Waals surface area contributed by atoms with Crippen LogP contribution in [0.1, 0.15) is 27.2 Å². The number of nitrogens with two attached hydrogens (primary N) is 1. The Morgan fingerprint density at radius 1 is 1.50 bits per heavy atom. The fraction of sp³-hybridized carbons (Fsp3) is 0.875. The Labute approximate surface area is 82.8 Å². The maximum absolute atomic E-state index is 9.60. The highest BCUT2D eigenvalue weighted by molar-refractivity contribution is 9.09. The first-order chi connectivity index (χ1) is 5.47. The minimum Gasteiger partial charge on any atom is -0.462 e. The van der Waals surface area contributed by atoms with E-state index in [-0.39, 0.29) is 5.60 Å². The van der Waals surface area contributed by atoms with E-state index in [2.05, 4.69) is 20.7 Å². The number of hydrogen-bond acceptors (Lipinski definition) is 3. The Hall–Kier alpha value is -0.0900. The third-order valence-electron chi connectivity index (χ3n) is 0.739. The molecule has 0 amide bonds. The lowest BCUT2D eigenvalue weighted by Crippen LogP contribution is -2.17. The zero-order chi connectivity index (χ0) is 10.0. The van der Waals surface area contributed by atoms with Gasteiger partial charge in [-0.15, -0.1) is 0 Å². The summed E-state index contributed by atoms with van der Waals surface area (Å²) in [4.78, 5) is 9.60. The predicted molar refractivity (Wildman–Crippen MR) is 54.4 cm³/mol. The molecule has 0 unspecified atom stereocenters. The zero-order valence-corrected chi connectivity index (χ0v) is 9.56. The van der Waals surface area contributed by atoms with E-state index in [1.165, 1.54) is 0 Å². The number of rotatable bonds is 3. The monoisotopic (exact) mass is 239 g/mol. The molecule has 0 radical (unpaired) electrons. The van der Waals surface area contributed by atoms with Gasteiger partial charge >= 0.3 is 0 Å². The summed E-state index contributed by atoms with van der Waals surface area (Å²) in [5.74, 6) is 0. The summed E-state index contributed by atoms with van der Waals surface area (Å²) in [5, 5.41) is 1.03. The molecule has 0 aromatic heterocycles. The van der Waals surface area contributed by atoms with Crippen LogP contribution in [0.3, 0.4) is 0 Å². The van der Waals surface area contributed by atoms with Crippen molar-refractivity contribution in [2.24, 2.45) is 5.73 Å². The lowest BCUT2D eigenvalue weighted by atomic mass is 10.2. The second kappa shape index (κ2) is 9.00. The molecule has 0 bridgehead atoms. The average Bonchev–Trinajstić information content (AvgIpc) is 1.87. The molecule has 0 aliphatic rings. The van der Waals surface area contributed by atoms with Crippen LogP contribution in [0.5, 0.6) is 0 Å². The molecule has 0 heterocycles. The summed E-state index contributed by atoms with van der Waals surface area (Å²) < 4.78 is 4.55. The molecule has 0 aromatic carbocycles. The first kappa shape index (κ1) is 14.4. The smallest absolute Gasteiger partial charge is 0.293 e. The van der Waals surface area contributed by atoms with Crippen LogP contribution in [-0.4, -0.2) is 23.9 Å². The minimum absolute atomic E-state index is 0.318. The highest BCUT2D eigenvalue weighted by atomic mass is 79.9. The van der Waals surface area contributed by atoms with Gasteiger partial charge in [-0.3, -0.25) is 4.79 Å². The summed E-state index contributed by atoms with van der Waals surface area (Å²) >= 11 is 3.23. The molecule has 0 aliphatic carbocycles. The Morgan fingerprint density at radius 3 is 2.00 bits per heavy atom. The highest BCUT2D eigenvalue weighted by Gasteiger charge is 2.07. The van der Waals surface area contributed by atoms with Crippen LogP contribution in [0.15, 0.2) is 0 Å². The van der Waals surface area contributed by atoms with Crippen molar-refractivity contribution in [1.82, 2.24) is 0 Å². The van der Waals surface area contributed by atoms with E-state index in [0.717, 1.165) is 18.3 Å². The van der Waals surface area contributed by atoms with E-state index in [0.29, 0.717) is 6.47 Å². The number of hydrogen-bond donors (Lipinski definition) is 1. The summed E-state index contributed by atoms with van der Waals surface area (Å²) in [6.45, 7) is 6.72. The van der Waals surface area contributed by atoms with Gasteiger partial charge in [-0.2, -0.15) is 0 Å². The van der Waals surface area contributed by atoms with Crippen LogP contribution < -0.4 is 5.73 Å². The third kappa shape index (κ3) is 22.5. The van der Waals surface area contributed by atoms with Crippen LogP contribution in [0, 0.1) is 0 Å². The topological polar surface area (TPSA) is 52.3 Å². The summed E-state index contributed by atoms with van der Waals surface area (Å²) in [6.07, 6.45) is 1.08. The molecule has 74 valence electrons. The standard InChI is InChI=1S/C5H10O2.C3H8BrN/c1-5(2,3)7-4-6;4-2-1-3-5/h4H,1-3H3;1-3,5H2. The summed E-state index contributed by atoms with van der Waals surface area (Å²) in [7, 11) is 0. The highest BCUT2D eigenvalue weighted by Crippen LogP contribution is 2.02. The van der Waals surface area contributed by atoms with Crippen molar-refractivity contribution >= 4 is 22.4 Å². The largest absolute Gasteiger partial charge is 0.462 e. The van der Waals surface area contributed by atoms with Crippen molar-refractivity contribution in [3.8, 4) is 0 Å². The molecule has 0 rings (SSSR count). The summed E-state index contributed by atoms with van der Waals surface area (Å²) in [5.41, 5.74) is 4.79. The van der Waals surface area contributed by atoms with Crippen molar-refractivity contribution in [2.75, 3.05) is 11.9 Å². The normalized spacial score (nSPS) is 9.75. The summed E-state index contributed by atoms with van der Waals surface area (Å²) in [6, 6.07) is 0. The number of halogens is 1. The molecule has 3 nitrogen and oxygen atoms in total. The Bertz CT molecular complexity index is 99.7. The molecule has 0 aliphatic heterocycles. The SMILES string of the molecule is CC(C)(C)OC=O.NCCCBr. The molecular formula is C8H18BrNO2. The van der Waals surface area contributed by atoms with Crippen molar-refractivity contribution in [1.29, 1.82) is 0 Å². The number of alkyl halides is 1. The first-order valence-electron chi connectivity index (χ1n) is 3.85. The second-order valence-electron chi connectivity index (χ2n) is 3.16. The molecule has 0 atom stereocenters. The quantitative estimate of drug-likeness (QED) is 0.603. The predicted octanol–water partition coefficient (Wildman–Crippen LogP) is 1.69. The number of carbonyl (C=O) groups is 1. The van der Waals surface area contributed by atoms with Crippen LogP contribution in [0.25, 0.3) is 0 Å². The average molecular weight is 240 g/mol. The lowest BCUT2D eigenvalue weighted by Gasteiger charge is -2.14. The van der Waals surface area contributed by atoms with E-state index in [9.17, 15) is 4.79 Å². The Kier molecular flexibility index (Phi) is 10.8. The van der Waals surface area contributed by atoms with Gasteiger partial charge in [-0.1, -0.05) is 15.9 Å². The molecule has 0 saturated heterocycles. The fourth-order valence-electron chi connectivity index (χ4n) is 0.221. The van der Waals surface area contributed by atoms with Crippen molar-refractivity contribution < 1.29 is 9.53 Å². The molecule has 2 N–H and O–H groups in total. The van der Waals surface area contributed by atoms with Gasteiger partial charge in [0.2, 0.25) is 0 Å². The van der Waals surface area contributed by atoms with Crippen LogP contribution in [0.4, 0.5) is 0 Å². The lowest BCUT2D eigenvalue weighted by molar-refractivity contribution is -0.138. The maximum Gasteiger partial charge on any atom is 0.293 e. The third-order valence-corrected chi connectivity index (χ3v) is 1.30. The van der Waals surface area contributed by atoms with Crippen molar-refractivity contribution in [3.05, 3.63) is 0 Å².